The zero-order valence-electron chi connectivity index (χ0n) is 16.1. The Morgan fingerprint density at radius 3 is 2.69 bits per heavy atom. The molecule has 29 heavy (non-hydrogen) atoms. The van der Waals surface area contributed by atoms with Gasteiger partial charge in [-0.05, 0) is 13.0 Å². The Bertz CT molecular complexity index is 901. The molecular formula is C17H23ClN4O6S. The molecule has 2 aliphatic heterocycles. The molecule has 0 spiro atoms. The van der Waals surface area contributed by atoms with Crippen LogP contribution < -0.4 is 15.4 Å². The number of anilines is 1. The van der Waals surface area contributed by atoms with Gasteiger partial charge in [-0.2, -0.15) is 4.31 Å². The quantitative estimate of drug-likeness (QED) is 0.643. The van der Waals surface area contributed by atoms with E-state index >= 15 is 0 Å². The fraction of sp³-hybridized carbons (Fsp3) is 0.529. The molecule has 3 rings (SSSR count). The number of methoxy groups -OCH3 is 1. The van der Waals surface area contributed by atoms with Gasteiger partial charge in [0.15, 0.2) is 6.10 Å². The second kappa shape index (κ2) is 8.74. The van der Waals surface area contributed by atoms with Crippen LogP contribution in [0, 0.1) is 0 Å². The summed E-state index contributed by atoms with van der Waals surface area (Å²) < 4.78 is 37.8. The Kier molecular flexibility index (Phi) is 6.52. The third-order valence-corrected chi connectivity index (χ3v) is 7.05. The number of nitrogens with one attached hydrogen (secondary N) is 2. The van der Waals surface area contributed by atoms with Crippen molar-refractivity contribution in [2.24, 2.45) is 0 Å². The molecule has 1 aromatic carbocycles. The van der Waals surface area contributed by atoms with E-state index in [4.69, 9.17) is 21.1 Å². The Balaban J connectivity index is 1.71. The highest BCUT2D eigenvalue weighted by atomic mass is 35.5. The third-order valence-electron chi connectivity index (χ3n) is 4.69. The number of urea groups is 1. The molecule has 0 saturated carbocycles. The Morgan fingerprint density at radius 2 is 2.03 bits per heavy atom. The Labute approximate surface area is 174 Å². The maximum Gasteiger partial charge on any atom is 0.317 e. The number of hydrogen-bond acceptors (Lipinski definition) is 6. The fourth-order valence-electron chi connectivity index (χ4n) is 3.05. The zero-order valence-corrected chi connectivity index (χ0v) is 17.7. The number of hydrogen-bond donors (Lipinski definition) is 2. The molecule has 2 heterocycles. The maximum absolute atomic E-state index is 13.1. The Hall–Kier alpha value is -2.08. The lowest BCUT2D eigenvalue weighted by Crippen LogP contribution is -2.53. The molecule has 0 aromatic heterocycles. The lowest BCUT2D eigenvalue weighted by molar-refractivity contribution is -0.122. The summed E-state index contributed by atoms with van der Waals surface area (Å²) in [6, 6.07) is 2.43. The van der Waals surface area contributed by atoms with Gasteiger partial charge >= 0.3 is 6.03 Å². The van der Waals surface area contributed by atoms with E-state index in [0.29, 0.717) is 18.8 Å². The van der Waals surface area contributed by atoms with Gasteiger partial charge in [-0.3, -0.25) is 4.79 Å². The molecule has 3 amide bonds. The van der Waals surface area contributed by atoms with Gasteiger partial charge < -0.3 is 25.0 Å². The lowest BCUT2D eigenvalue weighted by atomic mass is 10.2. The summed E-state index contributed by atoms with van der Waals surface area (Å²) >= 11 is 6.20. The van der Waals surface area contributed by atoms with Crippen LogP contribution in [0.15, 0.2) is 17.0 Å². The number of benzene rings is 1. The van der Waals surface area contributed by atoms with Crippen molar-refractivity contribution in [1.29, 1.82) is 0 Å². The predicted octanol–water partition coefficient (Wildman–Crippen LogP) is 0.722. The number of amides is 3. The van der Waals surface area contributed by atoms with Crippen LogP contribution >= 0.6 is 11.6 Å². The molecule has 0 radical (unpaired) electrons. The van der Waals surface area contributed by atoms with Gasteiger partial charge in [0.1, 0.15) is 10.6 Å². The number of carbonyl (C=O) groups excluding carboxylic acids is 2. The molecular weight excluding hydrogens is 424 g/mol. The number of fused-ring (bicyclic) bond motifs is 1. The zero-order chi connectivity index (χ0) is 21.2. The second-order valence-electron chi connectivity index (χ2n) is 6.64. The fourth-order valence-corrected chi connectivity index (χ4v) is 4.99. The third kappa shape index (κ3) is 4.58. The van der Waals surface area contributed by atoms with E-state index in [-0.39, 0.29) is 53.8 Å². The summed E-state index contributed by atoms with van der Waals surface area (Å²) in [6.45, 7) is 3.14. The summed E-state index contributed by atoms with van der Waals surface area (Å²) in [6.07, 6.45) is -0.737. The minimum atomic E-state index is -3.90. The van der Waals surface area contributed by atoms with E-state index in [9.17, 15) is 18.0 Å². The average molecular weight is 447 g/mol. The molecule has 160 valence electrons. The highest BCUT2D eigenvalue weighted by molar-refractivity contribution is 7.89. The van der Waals surface area contributed by atoms with Gasteiger partial charge in [0.05, 0.1) is 17.3 Å². The van der Waals surface area contributed by atoms with Gasteiger partial charge in [-0.25, -0.2) is 13.2 Å². The van der Waals surface area contributed by atoms with E-state index in [0.717, 1.165) is 0 Å². The molecule has 2 N–H and O–H groups in total. The molecule has 1 atom stereocenters. The largest absolute Gasteiger partial charge is 0.479 e. The van der Waals surface area contributed by atoms with Crippen molar-refractivity contribution < 1.29 is 27.5 Å². The van der Waals surface area contributed by atoms with Crippen molar-refractivity contribution in [2.45, 2.75) is 17.9 Å². The van der Waals surface area contributed by atoms with Crippen LogP contribution in [0.2, 0.25) is 5.02 Å². The summed E-state index contributed by atoms with van der Waals surface area (Å²) in [5.41, 5.74) is 0.328. The van der Waals surface area contributed by atoms with Crippen molar-refractivity contribution in [3.8, 4) is 5.75 Å². The number of ether oxygens (including phenoxy) is 2. The molecule has 2 aliphatic rings. The smallest absolute Gasteiger partial charge is 0.317 e. The van der Waals surface area contributed by atoms with Gasteiger partial charge in [0, 0.05) is 45.9 Å². The first-order chi connectivity index (χ1) is 13.7. The molecule has 1 fully saturated rings. The van der Waals surface area contributed by atoms with Crippen LogP contribution in [0.25, 0.3) is 0 Å². The molecule has 10 nitrogen and oxygen atoms in total. The maximum atomic E-state index is 13.1. The normalized spacial score (nSPS) is 19.9. The monoisotopic (exact) mass is 446 g/mol. The van der Waals surface area contributed by atoms with E-state index < -0.39 is 16.1 Å². The minimum absolute atomic E-state index is 0.0121. The number of rotatable bonds is 5. The average Bonchev–Trinajstić information content (AvgIpc) is 2.69. The van der Waals surface area contributed by atoms with Crippen molar-refractivity contribution >= 4 is 39.2 Å². The highest BCUT2D eigenvalue weighted by Gasteiger charge is 2.34. The summed E-state index contributed by atoms with van der Waals surface area (Å²) in [7, 11) is -2.35. The van der Waals surface area contributed by atoms with Gasteiger partial charge in [0.2, 0.25) is 10.0 Å². The van der Waals surface area contributed by atoms with E-state index in [1.807, 2.05) is 0 Å². The van der Waals surface area contributed by atoms with Crippen molar-refractivity contribution in [3.63, 3.8) is 0 Å². The van der Waals surface area contributed by atoms with Crippen LogP contribution in [-0.4, -0.2) is 82.1 Å². The molecule has 0 aliphatic carbocycles. The summed E-state index contributed by atoms with van der Waals surface area (Å²) in [4.78, 5) is 25.3. The molecule has 0 bridgehead atoms. The number of carbonyl (C=O) groups is 2. The van der Waals surface area contributed by atoms with Crippen LogP contribution in [0.5, 0.6) is 5.75 Å². The van der Waals surface area contributed by atoms with Gasteiger partial charge in [0.25, 0.3) is 5.91 Å². The van der Waals surface area contributed by atoms with Gasteiger partial charge in [-0.15, -0.1) is 0 Å². The first-order valence-corrected chi connectivity index (χ1v) is 10.9. The Morgan fingerprint density at radius 1 is 1.34 bits per heavy atom. The first-order valence-electron chi connectivity index (χ1n) is 9.07. The highest BCUT2D eigenvalue weighted by Crippen LogP contribution is 2.37. The van der Waals surface area contributed by atoms with E-state index in [1.165, 1.54) is 16.4 Å². The SMILES string of the molecule is COCCNC(=O)N1CCN(S(=O)(=O)c2cc3c(cc2Cl)NC(=O)C(C)O3)CC1. The van der Waals surface area contributed by atoms with Crippen LogP contribution in [0.4, 0.5) is 10.5 Å². The molecule has 1 unspecified atom stereocenters. The standard InChI is InChI=1S/C17H23ClN4O6S/c1-11-16(23)20-13-9-12(18)15(10-14(13)28-11)29(25,26)22-6-4-21(5-7-22)17(24)19-3-8-27-2/h9-11H,3-8H2,1-2H3,(H,19,24)(H,20,23). The van der Waals surface area contributed by atoms with Crippen LogP contribution in [-0.2, 0) is 19.6 Å². The van der Waals surface area contributed by atoms with Crippen LogP contribution in [0.1, 0.15) is 6.92 Å². The predicted molar refractivity (Wildman–Crippen MR) is 106 cm³/mol. The van der Waals surface area contributed by atoms with Crippen molar-refractivity contribution in [2.75, 3.05) is 51.8 Å². The molecule has 12 heteroatoms. The second-order valence-corrected chi connectivity index (χ2v) is 8.96. The summed E-state index contributed by atoms with van der Waals surface area (Å²) in [5.74, 6) is -0.0831. The molecule has 1 saturated heterocycles. The van der Waals surface area contributed by atoms with Crippen molar-refractivity contribution in [3.05, 3.63) is 17.2 Å². The van der Waals surface area contributed by atoms with E-state index in [1.54, 1.807) is 18.9 Å². The number of piperazine rings is 1. The number of halogens is 1. The number of sulfonamides is 1. The van der Waals surface area contributed by atoms with Crippen LogP contribution in [0.3, 0.4) is 0 Å². The first kappa shape index (κ1) is 21.6. The van der Waals surface area contributed by atoms with Crippen molar-refractivity contribution in [1.82, 2.24) is 14.5 Å². The summed E-state index contributed by atoms with van der Waals surface area (Å²) in [5, 5.41) is 5.33. The topological polar surface area (TPSA) is 117 Å². The van der Waals surface area contributed by atoms with E-state index in [2.05, 4.69) is 10.6 Å². The molecule has 1 aromatic rings. The number of nitrogens with zero attached hydrogens (tertiary/aromatic N) is 2. The van der Waals surface area contributed by atoms with Gasteiger partial charge in [-0.1, -0.05) is 11.6 Å². The minimum Gasteiger partial charge on any atom is -0.479 e. The lowest BCUT2D eigenvalue weighted by Gasteiger charge is -2.34.